The van der Waals surface area contributed by atoms with Gasteiger partial charge in [-0.25, -0.2) is 0 Å². The lowest BCUT2D eigenvalue weighted by Gasteiger charge is -2.18. The number of hydrogen-bond acceptors (Lipinski definition) is 6. The molecule has 1 atom stereocenters. The van der Waals surface area contributed by atoms with E-state index in [4.69, 9.17) is 14.2 Å². The molecule has 6 heteroatoms. The van der Waals surface area contributed by atoms with E-state index in [0.717, 1.165) is 103 Å². The van der Waals surface area contributed by atoms with Crippen LogP contribution in [0.25, 0.3) is 0 Å². The van der Waals surface area contributed by atoms with Crippen molar-refractivity contribution in [2.75, 3.05) is 13.2 Å². The van der Waals surface area contributed by atoms with Crippen LogP contribution in [0.2, 0.25) is 0 Å². The van der Waals surface area contributed by atoms with Crippen molar-refractivity contribution in [2.24, 2.45) is 0 Å². The number of allylic oxidation sites excluding steroid dienone is 20. The SMILES string of the molecule is CC/C=C\C/C=C\C/C=C\C/C=C\CCCCCCCCCCC(=O)OC(COC(=O)CC/C=C\C/C=C\C/C=C\C/C=C\CC)COC(=O)CCCCCCCCCCCCCCCCCCC/C=C\C/C=C\CCCCCCC. The van der Waals surface area contributed by atoms with E-state index >= 15 is 0 Å². The van der Waals surface area contributed by atoms with Crippen molar-refractivity contribution < 1.29 is 28.6 Å². The molecule has 0 heterocycles. The predicted octanol–water partition coefficient (Wildman–Crippen LogP) is 23.6. The zero-order valence-corrected chi connectivity index (χ0v) is 53.0. The number of hydrogen-bond donors (Lipinski definition) is 0. The Hall–Kier alpha value is -4.19. The maximum Gasteiger partial charge on any atom is 0.306 e. The molecule has 462 valence electrons. The molecule has 0 aromatic rings. The quantitative estimate of drug-likeness (QED) is 0.0261. The van der Waals surface area contributed by atoms with E-state index < -0.39 is 6.10 Å². The first kappa shape index (κ1) is 76.8. The minimum Gasteiger partial charge on any atom is -0.462 e. The Morgan fingerprint density at radius 2 is 0.506 bits per heavy atom. The molecule has 0 saturated carbocycles. The van der Waals surface area contributed by atoms with Gasteiger partial charge in [0.15, 0.2) is 6.10 Å². The Bertz CT molecular complexity index is 1670. The van der Waals surface area contributed by atoms with Gasteiger partial charge in [0.25, 0.3) is 0 Å². The van der Waals surface area contributed by atoms with E-state index in [1.54, 1.807) is 0 Å². The molecule has 0 radical (unpaired) electrons. The number of carbonyl (C=O) groups is 3. The van der Waals surface area contributed by atoms with Crippen molar-refractivity contribution in [3.63, 3.8) is 0 Å². The second kappa shape index (κ2) is 68.3. The minimum atomic E-state index is -0.815. The third-order valence-corrected chi connectivity index (χ3v) is 14.4. The van der Waals surface area contributed by atoms with Gasteiger partial charge in [0, 0.05) is 19.3 Å². The fraction of sp³-hybridized carbons (Fsp3) is 0.693. The molecule has 0 bridgehead atoms. The van der Waals surface area contributed by atoms with Crippen LogP contribution in [0.3, 0.4) is 0 Å². The Balaban J connectivity index is 4.30. The second-order valence-corrected chi connectivity index (χ2v) is 22.3. The highest BCUT2D eigenvalue weighted by Gasteiger charge is 2.19. The van der Waals surface area contributed by atoms with Crippen LogP contribution >= 0.6 is 0 Å². The van der Waals surface area contributed by atoms with Crippen LogP contribution in [0.4, 0.5) is 0 Å². The van der Waals surface area contributed by atoms with E-state index in [-0.39, 0.29) is 37.5 Å². The van der Waals surface area contributed by atoms with Gasteiger partial charge >= 0.3 is 17.9 Å². The average molecular weight is 1120 g/mol. The smallest absolute Gasteiger partial charge is 0.306 e. The average Bonchev–Trinajstić information content (AvgIpc) is 3.46. The maximum absolute atomic E-state index is 12.9. The summed E-state index contributed by atoms with van der Waals surface area (Å²) < 4.78 is 16.9. The summed E-state index contributed by atoms with van der Waals surface area (Å²) in [5, 5.41) is 0. The number of ether oxygens (including phenoxy) is 3. The van der Waals surface area contributed by atoms with E-state index in [1.165, 1.54) is 167 Å². The zero-order valence-electron chi connectivity index (χ0n) is 53.0. The van der Waals surface area contributed by atoms with Crippen LogP contribution in [-0.4, -0.2) is 37.2 Å². The summed E-state index contributed by atoms with van der Waals surface area (Å²) in [4.78, 5) is 38.3. The first-order valence-corrected chi connectivity index (χ1v) is 34.0. The summed E-state index contributed by atoms with van der Waals surface area (Å²) in [5.74, 6) is -0.990. The Morgan fingerprint density at radius 1 is 0.259 bits per heavy atom. The van der Waals surface area contributed by atoms with Gasteiger partial charge in [0.05, 0.1) is 0 Å². The Kier molecular flexibility index (Phi) is 64.8. The van der Waals surface area contributed by atoms with E-state index in [0.29, 0.717) is 19.3 Å². The van der Waals surface area contributed by atoms with Crippen LogP contribution in [-0.2, 0) is 28.6 Å². The molecular weight excluding hydrogens is 997 g/mol. The zero-order chi connectivity index (χ0) is 58.5. The summed E-state index contributed by atoms with van der Waals surface area (Å²) >= 11 is 0. The predicted molar refractivity (Wildman–Crippen MR) is 353 cm³/mol. The van der Waals surface area contributed by atoms with Crippen molar-refractivity contribution in [3.05, 3.63) is 122 Å². The lowest BCUT2D eigenvalue weighted by atomic mass is 10.0. The normalized spacial score (nSPS) is 12.9. The molecule has 1 unspecified atom stereocenters. The molecule has 81 heavy (non-hydrogen) atoms. The highest BCUT2D eigenvalue weighted by Crippen LogP contribution is 2.17. The first-order valence-electron chi connectivity index (χ1n) is 34.0. The topological polar surface area (TPSA) is 78.9 Å². The number of rotatable bonds is 61. The summed E-state index contributed by atoms with van der Waals surface area (Å²) in [6, 6.07) is 0. The van der Waals surface area contributed by atoms with Crippen LogP contribution in [0.1, 0.15) is 316 Å². The van der Waals surface area contributed by atoms with E-state index in [9.17, 15) is 14.4 Å². The highest BCUT2D eigenvalue weighted by atomic mass is 16.6. The molecular formula is C75H126O6. The molecule has 0 aliphatic carbocycles. The van der Waals surface area contributed by atoms with Crippen molar-refractivity contribution >= 4 is 17.9 Å². The van der Waals surface area contributed by atoms with E-state index in [1.807, 2.05) is 6.08 Å². The summed E-state index contributed by atoms with van der Waals surface area (Å²) in [7, 11) is 0. The molecule has 0 aliphatic rings. The van der Waals surface area contributed by atoms with Gasteiger partial charge in [-0.3, -0.25) is 14.4 Å². The van der Waals surface area contributed by atoms with Crippen LogP contribution < -0.4 is 0 Å². The van der Waals surface area contributed by atoms with Crippen LogP contribution in [0.15, 0.2) is 122 Å². The van der Waals surface area contributed by atoms with Gasteiger partial charge < -0.3 is 14.2 Å². The van der Waals surface area contributed by atoms with Gasteiger partial charge in [-0.1, -0.05) is 303 Å². The summed E-state index contributed by atoms with van der Waals surface area (Å²) in [5.41, 5.74) is 0. The van der Waals surface area contributed by atoms with Crippen molar-refractivity contribution in [1.82, 2.24) is 0 Å². The molecule has 0 aromatic heterocycles. The largest absolute Gasteiger partial charge is 0.462 e. The molecule has 0 aliphatic heterocycles. The summed E-state index contributed by atoms with van der Waals surface area (Å²) in [6.07, 6.45) is 95.3. The lowest BCUT2D eigenvalue weighted by molar-refractivity contribution is -0.166. The molecule has 6 nitrogen and oxygen atoms in total. The van der Waals surface area contributed by atoms with Gasteiger partial charge in [0.2, 0.25) is 0 Å². The highest BCUT2D eigenvalue weighted by molar-refractivity contribution is 5.71. The molecule has 0 fully saturated rings. The molecule has 0 aromatic carbocycles. The maximum atomic E-state index is 12.9. The van der Waals surface area contributed by atoms with Crippen LogP contribution in [0, 0.1) is 0 Å². The number of carbonyl (C=O) groups excluding carboxylic acids is 3. The standard InChI is InChI=1S/C75H126O6/c1-4-7-10-13-16-19-22-25-27-29-31-33-34-35-36-37-38-39-40-42-43-45-47-50-53-56-59-62-65-68-74(77)80-71-72(70-79-73(76)67-64-61-58-55-52-49-24-21-18-15-12-9-6-3)81-75(78)69-66-63-60-57-54-51-48-46-44-41-32-30-28-26-23-20-17-14-11-8-5-2/h8-9,11-12,17-18,20-22,25-26,28-29,31-32,41,49,52,58,61,72H,4-7,10,13-16,19,23-24,27,30,33-40,42-48,50-51,53-57,59-60,62-71H2,1-3H3/b11-8-,12-9-,20-17-,21-18-,25-22-,28-26-,31-29-,41-32-,52-49-,61-58-. The first-order chi connectivity index (χ1) is 40.0. The second-order valence-electron chi connectivity index (χ2n) is 22.3. The Labute approximate surface area is 501 Å². The lowest BCUT2D eigenvalue weighted by Crippen LogP contribution is -2.30. The fourth-order valence-corrected chi connectivity index (χ4v) is 9.42. The molecule has 0 amide bonds. The van der Waals surface area contributed by atoms with Crippen molar-refractivity contribution in [1.29, 1.82) is 0 Å². The van der Waals surface area contributed by atoms with E-state index in [2.05, 4.69) is 136 Å². The molecule has 0 spiro atoms. The molecule has 0 rings (SSSR count). The van der Waals surface area contributed by atoms with Crippen molar-refractivity contribution in [3.8, 4) is 0 Å². The monoisotopic (exact) mass is 1120 g/mol. The van der Waals surface area contributed by atoms with Crippen LogP contribution in [0.5, 0.6) is 0 Å². The van der Waals surface area contributed by atoms with Gasteiger partial charge in [0.1, 0.15) is 13.2 Å². The molecule has 0 N–H and O–H groups in total. The third kappa shape index (κ3) is 66.5. The van der Waals surface area contributed by atoms with Gasteiger partial charge in [-0.15, -0.1) is 0 Å². The number of esters is 3. The fourth-order valence-electron chi connectivity index (χ4n) is 9.42. The third-order valence-electron chi connectivity index (χ3n) is 14.4. The minimum absolute atomic E-state index is 0.104. The van der Waals surface area contributed by atoms with Gasteiger partial charge in [-0.05, 0) is 116 Å². The van der Waals surface area contributed by atoms with Crippen molar-refractivity contribution in [2.45, 2.75) is 322 Å². The summed E-state index contributed by atoms with van der Waals surface area (Å²) in [6.45, 7) is 6.35. The van der Waals surface area contributed by atoms with Gasteiger partial charge in [-0.2, -0.15) is 0 Å². The Morgan fingerprint density at radius 3 is 0.827 bits per heavy atom. The molecule has 0 saturated heterocycles. The number of unbranched alkanes of at least 4 members (excludes halogenated alkanes) is 30.